The molecule has 1 aliphatic carbocycles. The molecule has 1 N–H and O–H groups in total. The molecule has 0 aromatic heterocycles. The molecule has 2 unspecified atom stereocenters. The van der Waals surface area contributed by atoms with Crippen LogP contribution in [0.25, 0.3) is 0 Å². The van der Waals surface area contributed by atoms with Crippen LogP contribution >= 0.6 is 0 Å². The summed E-state index contributed by atoms with van der Waals surface area (Å²) in [6.07, 6.45) is -3.37. The van der Waals surface area contributed by atoms with Crippen molar-refractivity contribution in [3.05, 3.63) is 35.4 Å². The van der Waals surface area contributed by atoms with Gasteiger partial charge in [0.15, 0.2) is 0 Å². The number of aliphatic carboxylic acids is 1. The van der Waals surface area contributed by atoms with E-state index in [0.29, 0.717) is 6.42 Å². The van der Waals surface area contributed by atoms with Crippen LogP contribution in [0.1, 0.15) is 37.3 Å². The van der Waals surface area contributed by atoms with Gasteiger partial charge in [0.2, 0.25) is 0 Å². The van der Waals surface area contributed by atoms with Crippen molar-refractivity contribution in [3.63, 3.8) is 0 Å². The molecule has 0 saturated heterocycles. The van der Waals surface area contributed by atoms with Crippen molar-refractivity contribution in [3.8, 4) is 0 Å². The molecule has 1 aliphatic rings. The zero-order chi connectivity index (χ0) is 14.3. The van der Waals surface area contributed by atoms with E-state index in [0.717, 1.165) is 6.07 Å². The van der Waals surface area contributed by atoms with Crippen LogP contribution in [0.2, 0.25) is 0 Å². The van der Waals surface area contributed by atoms with Gasteiger partial charge >= 0.3 is 12.1 Å². The molecule has 0 aliphatic heterocycles. The van der Waals surface area contributed by atoms with E-state index < -0.39 is 23.1 Å². The second-order valence-electron chi connectivity index (χ2n) is 5.28. The van der Waals surface area contributed by atoms with Gasteiger partial charge in [-0.25, -0.2) is 0 Å². The van der Waals surface area contributed by atoms with Crippen molar-refractivity contribution in [2.45, 2.75) is 37.8 Å². The van der Waals surface area contributed by atoms with Crippen LogP contribution in [-0.4, -0.2) is 11.1 Å². The molecule has 2 atom stereocenters. The van der Waals surface area contributed by atoms with Gasteiger partial charge in [-0.2, -0.15) is 13.2 Å². The Labute approximate surface area is 109 Å². The predicted molar refractivity (Wildman–Crippen MR) is 63.8 cm³/mol. The summed E-state index contributed by atoms with van der Waals surface area (Å²) < 4.78 is 39.1. The van der Waals surface area contributed by atoms with Crippen molar-refractivity contribution in [2.75, 3.05) is 0 Å². The van der Waals surface area contributed by atoms with E-state index in [1.807, 2.05) is 6.92 Å². The minimum atomic E-state index is -4.52. The number of benzene rings is 1. The van der Waals surface area contributed by atoms with Crippen molar-refractivity contribution >= 4 is 5.97 Å². The topological polar surface area (TPSA) is 37.3 Å². The first-order valence-electron chi connectivity index (χ1n) is 6.17. The Balaban J connectivity index is 2.59. The van der Waals surface area contributed by atoms with Gasteiger partial charge in [-0.3, -0.25) is 4.79 Å². The van der Waals surface area contributed by atoms with E-state index in [-0.39, 0.29) is 24.3 Å². The van der Waals surface area contributed by atoms with Gasteiger partial charge in [0.1, 0.15) is 0 Å². The number of carboxylic acids is 1. The summed E-state index contributed by atoms with van der Waals surface area (Å²) in [4.78, 5) is 11.6. The largest absolute Gasteiger partial charge is 0.481 e. The molecule has 0 amide bonds. The van der Waals surface area contributed by atoms with Gasteiger partial charge in [0.05, 0.1) is 11.0 Å². The quantitative estimate of drug-likeness (QED) is 0.888. The lowest BCUT2D eigenvalue weighted by molar-refractivity contribution is -0.146. The molecule has 1 aromatic rings. The van der Waals surface area contributed by atoms with E-state index in [2.05, 4.69) is 0 Å². The minimum absolute atomic E-state index is 0.0978. The first-order chi connectivity index (χ1) is 8.77. The summed E-state index contributed by atoms with van der Waals surface area (Å²) in [5, 5.41) is 9.46. The molecule has 5 heteroatoms. The lowest BCUT2D eigenvalue weighted by Crippen LogP contribution is -2.35. The molecular formula is C14H15F3O2. The Morgan fingerprint density at radius 1 is 1.37 bits per heavy atom. The number of carboxylic acid groups (broad SMARTS) is 1. The zero-order valence-corrected chi connectivity index (χ0v) is 10.5. The SMILES string of the molecule is CC1CCC(C(=O)O)(c2ccccc2C(F)(F)F)C1. The molecule has 2 nitrogen and oxygen atoms in total. The Kier molecular flexibility index (Phi) is 3.32. The number of rotatable bonds is 2. The van der Waals surface area contributed by atoms with Crippen LogP contribution in [0.4, 0.5) is 13.2 Å². The summed E-state index contributed by atoms with van der Waals surface area (Å²) in [6.45, 7) is 1.88. The molecule has 1 saturated carbocycles. The van der Waals surface area contributed by atoms with Crippen LogP contribution < -0.4 is 0 Å². The third kappa shape index (κ3) is 2.33. The fourth-order valence-corrected chi connectivity index (χ4v) is 2.99. The first-order valence-corrected chi connectivity index (χ1v) is 6.17. The third-order valence-electron chi connectivity index (χ3n) is 3.92. The molecule has 19 heavy (non-hydrogen) atoms. The van der Waals surface area contributed by atoms with Crippen molar-refractivity contribution in [2.24, 2.45) is 5.92 Å². The van der Waals surface area contributed by atoms with Gasteiger partial charge in [0, 0.05) is 0 Å². The number of hydrogen-bond acceptors (Lipinski definition) is 1. The van der Waals surface area contributed by atoms with Crippen molar-refractivity contribution in [1.29, 1.82) is 0 Å². The van der Waals surface area contributed by atoms with Gasteiger partial charge in [-0.05, 0) is 36.8 Å². The summed E-state index contributed by atoms with van der Waals surface area (Å²) in [7, 11) is 0. The fourth-order valence-electron chi connectivity index (χ4n) is 2.99. The Hall–Kier alpha value is -1.52. The molecule has 0 radical (unpaired) electrons. The van der Waals surface area contributed by atoms with Gasteiger partial charge in [-0.15, -0.1) is 0 Å². The highest BCUT2D eigenvalue weighted by atomic mass is 19.4. The molecule has 1 aromatic carbocycles. The maximum absolute atomic E-state index is 13.0. The Morgan fingerprint density at radius 3 is 2.47 bits per heavy atom. The Bertz CT molecular complexity index is 496. The summed E-state index contributed by atoms with van der Waals surface area (Å²) in [5.41, 5.74) is -2.32. The normalized spacial score (nSPS) is 27.5. The average Bonchev–Trinajstić information content (AvgIpc) is 2.72. The van der Waals surface area contributed by atoms with E-state index >= 15 is 0 Å². The third-order valence-corrected chi connectivity index (χ3v) is 3.92. The molecule has 0 bridgehead atoms. The predicted octanol–water partition coefficient (Wildman–Crippen LogP) is 3.85. The van der Waals surface area contributed by atoms with E-state index in [1.54, 1.807) is 0 Å². The monoisotopic (exact) mass is 272 g/mol. The highest BCUT2D eigenvalue weighted by Crippen LogP contribution is 2.48. The summed E-state index contributed by atoms with van der Waals surface area (Å²) in [5.74, 6) is -1.04. The van der Waals surface area contributed by atoms with Crippen LogP contribution in [0.5, 0.6) is 0 Å². The minimum Gasteiger partial charge on any atom is -0.481 e. The molecule has 0 spiro atoms. The molecular weight excluding hydrogens is 257 g/mol. The first kappa shape index (κ1) is 13.9. The van der Waals surface area contributed by atoms with E-state index in [1.165, 1.54) is 18.2 Å². The smallest absolute Gasteiger partial charge is 0.416 e. The van der Waals surface area contributed by atoms with Crippen LogP contribution in [0.3, 0.4) is 0 Å². The van der Waals surface area contributed by atoms with Crippen LogP contribution in [0, 0.1) is 5.92 Å². The summed E-state index contributed by atoms with van der Waals surface area (Å²) >= 11 is 0. The Morgan fingerprint density at radius 2 is 2.00 bits per heavy atom. The highest BCUT2D eigenvalue weighted by Gasteiger charge is 2.49. The second-order valence-corrected chi connectivity index (χ2v) is 5.28. The molecule has 1 fully saturated rings. The highest BCUT2D eigenvalue weighted by molar-refractivity contribution is 5.82. The van der Waals surface area contributed by atoms with Gasteiger partial charge < -0.3 is 5.11 Å². The molecule has 104 valence electrons. The lowest BCUT2D eigenvalue weighted by Gasteiger charge is -2.28. The standard InChI is InChI=1S/C14H15F3O2/c1-9-6-7-13(8-9,12(18)19)10-4-2-3-5-11(10)14(15,16)17/h2-5,9H,6-8H2,1H3,(H,18,19). The van der Waals surface area contributed by atoms with Gasteiger partial charge in [-0.1, -0.05) is 25.1 Å². The van der Waals surface area contributed by atoms with E-state index in [4.69, 9.17) is 0 Å². The molecule has 0 heterocycles. The lowest BCUT2D eigenvalue weighted by atomic mass is 9.76. The maximum Gasteiger partial charge on any atom is 0.416 e. The number of halogens is 3. The number of alkyl halides is 3. The second kappa shape index (κ2) is 4.54. The fraction of sp³-hybridized carbons (Fsp3) is 0.500. The van der Waals surface area contributed by atoms with E-state index in [9.17, 15) is 23.1 Å². The summed E-state index contributed by atoms with van der Waals surface area (Å²) in [6, 6.07) is 5.02. The van der Waals surface area contributed by atoms with Gasteiger partial charge in [0.25, 0.3) is 0 Å². The average molecular weight is 272 g/mol. The molecule has 2 rings (SSSR count). The van der Waals surface area contributed by atoms with Crippen molar-refractivity contribution < 1.29 is 23.1 Å². The number of hydrogen-bond donors (Lipinski definition) is 1. The zero-order valence-electron chi connectivity index (χ0n) is 10.5. The maximum atomic E-state index is 13.0. The van der Waals surface area contributed by atoms with Crippen molar-refractivity contribution in [1.82, 2.24) is 0 Å². The van der Waals surface area contributed by atoms with Crippen LogP contribution in [-0.2, 0) is 16.4 Å². The van der Waals surface area contributed by atoms with Crippen LogP contribution in [0.15, 0.2) is 24.3 Å². The number of carbonyl (C=O) groups is 1.